The lowest BCUT2D eigenvalue weighted by Crippen LogP contribution is -2.38. The van der Waals surface area contributed by atoms with E-state index in [4.69, 9.17) is 15.0 Å². The first-order valence-corrected chi connectivity index (χ1v) is 22.3. The molecule has 0 spiro atoms. The zero-order valence-electron chi connectivity index (χ0n) is 31.9. The van der Waals surface area contributed by atoms with E-state index in [9.17, 15) is 0 Å². The molecule has 54 heavy (non-hydrogen) atoms. The molecule has 0 aliphatic heterocycles. The Bertz CT molecular complexity index is 2600. The lowest BCUT2D eigenvalue weighted by Gasteiger charge is -2.21. The Balaban J connectivity index is 1.12. The fourth-order valence-electron chi connectivity index (χ4n) is 7.23. The van der Waals surface area contributed by atoms with Crippen molar-refractivity contribution < 1.29 is 0 Å². The van der Waals surface area contributed by atoms with Gasteiger partial charge in [-0.15, -0.1) is 0 Å². The highest BCUT2D eigenvalue weighted by atomic mass is 28.3. The van der Waals surface area contributed by atoms with Crippen LogP contribution in [-0.4, -0.2) is 23.0 Å². The van der Waals surface area contributed by atoms with Gasteiger partial charge in [-0.05, 0) is 67.3 Å². The number of aromatic nitrogens is 3. The van der Waals surface area contributed by atoms with Crippen LogP contribution < -0.4 is 5.19 Å². The van der Waals surface area contributed by atoms with Gasteiger partial charge in [0.15, 0.2) is 17.5 Å². The van der Waals surface area contributed by atoms with Crippen LogP contribution >= 0.6 is 0 Å². The molecule has 8 aromatic rings. The van der Waals surface area contributed by atoms with Crippen molar-refractivity contribution in [2.75, 3.05) is 0 Å². The third-order valence-electron chi connectivity index (χ3n) is 10.3. The van der Waals surface area contributed by atoms with Gasteiger partial charge < -0.3 is 0 Å². The summed E-state index contributed by atoms with van der Waals surface area (Å²) in [6.45, 7) is 14.0. The van der Waals surface area contributed by atoms with Crippen LogP contribution in [0.2, 0.25) is 19.6 Å². The van der Waals surface area contributed by atoms with Gasteiger partial charge in [-0.2, -0.15) is 0 Å². The maximum Gasteiger partial charge on any atom is 0.164 e. The molecule has 0 saturated heterocycles. The molecule has 7 aromatic carbocycles. The first-order chi connectivity index (χ1) is 26.0. The normalized spacial score (nSPS) is 11.9. The van der Waals surface area contributed by atoms with Crippen LogP contribution in [-0.2, 0) is 5.41 Å². The Labute approximate surface area is 320 Å². The maximum absolute atomic E-state index is 5.04. The second kappa shape index (κ2) is 14.1. The van der Waals surface area contributed by atoms with Crippen LogP contribution in [0.25, 0.3) is 78.3 Å². The summed E-state index contributed by atoms with van der Waals surface area (Å²) in [5.41, 5.74) is 11.3. The quantitative estimate of drug-likeness (QED) is 0.154. The van der Waals surface area contributed by atoms with E-state index < -0.39 is 8.07 Å². The van der Waals surface area contributed by atoms with Crippen molar-refractivity contribution in [1.82, 2.24) is 15.0 Å². The summed E-state index contributed by atoms with van der Waals surface area (Å²) in [6, 6.07) is 58.6. The van der Waals surface area contributed by atoms with E-state index in [0.717, 1.165) is 27.8 Å². The van der Waals surface area contributed by atoms with Crippen molar-refractivity contribution >= 4 is 24.0 Å². The van der Waals surface area contributed by atoms with Gasteiger partial charge in [0, 0.05) is 16.7 Å². The summed E-state index contributed by atoms with van der Waals surface area (Å²) in [4.78, 5) is 15.0. The van der Waals surface area contributed by atoms with Crippen LogP contribution in [0.5, 0.6) is 0 Å². The number of fused-ring (bicyclic) bond motifs is 1. The zero-order valence-corrected chi connectivity index (χ0v) is 32.9. The minimum absolute atomic E-state index is 0.0640. The van der Waals surface area contributed by atoms with Gasteiger partial charge in [0.1, 0.15) is 0 Å². The molecule has 0 atom stereocenters. The van der Waals surface area contributed by atoms with E-state index in [0.29, 0.717) is 17.5 Å². The number of hydrogen-bond acceptors (Lipinski definition) is 3. The van der Waals surface area contributed by atoms with Gasteiger partial charge in [0.25, 0.3) is 0 Å². The van der Waals surface area contributed by atoms with Crippen LogP contribution in [0, 0.1) is 0 Å². The van der Waals surface area contributed by atoms with E-state index in [1.54, 1.807) is 0 Å². The molecule has 0 amide bonds. The predicted molar refractivity (Wildman–Crippen MR) is 232 cm³/mol. The molecule has 0 aliphatic rings. The predicted octanol–water partition coefficient (Wildman–Crippen LogP) is 12.9. The largest absolute Gasteiger partial charge is 0.208 e. The second-order valence-corrected chi connectivity index (χ2v) is 21.2. The highest BCUT2D eigenvalue weighted by Crippen LogP contribution is 2.34. The smallest absolute Gasteiger partial charge is 0.164 e. The molecule has 0 N–H and O–H groups in total. The van der Waals surface area contributed by atoms with Crippen molar-refractivity contribution in [2.45, 2.75) is 45.8 Å². The van der Waals surface area contributed by atoms with Crippen molar-refractivity contribution in [3.63, 3.8) is 0 Å². The third-order valence-corrected chi connectivity index (χ3v) is 12.3. The molecule has 0 fully saturated rings. The topological polar surface area (TPSA) is 38.7 Å². The molecule has 0 unspecified atom stereocenters. The Morgan fingerprint density at radius 1 is 0.370 bits per heavy atom. The SMILES string of the molecule is CC(C)(C)c1ccc(-c2nc(-c3ccccc3)nc(-c3cccc(-c4cccc(-c5ccc(-c6ccc([Si](C)(C)C)c7ccccc67)cc5)c4)c3)n2)cc1. The van der Waals surface area contributed by atoms with Gasteiger partial charge in [-0.25, -0.2) is 15.0 Å². The van der Waals surface area contributed by atoms with Gasteiger partial charge in [-0.1, -0.05) is 197 Å². The zero-order chi connectivity index (χ0) is 37.5. The summed E-state index contributed by atoms with van der Waals surface area (Å²) in [5, 5.41) is 4.22. The third kappa shape index (κ3) is 7.18. The summed E-state index contributed by atoms with van der Waals surface area (Å²) in [6.07, 6.45) is 0. The molecule has 4 heteroatoms. The highest BCUT2D eigenvalue weighted by molar-refractivity contribution is 6.90. The summed E-state index contributed by atoms with van der Waals surface area (Å²) in [7, 11) is -1.48. The van der Waals surface area contributed by atoms with E-state index in [1.165, 1.54) is 43.8 Å². The molecule has 0 bridgehead atoms. The van der Waals surface area contributed by atoms with Gasteiger partial charge in [0.05, 0.1) is 8.07 Å². The average molecular weight is 716 g/mol. The van der Waals surface area contributed by atoms with Gasteiger partial charge >= 0.3 is 0 Å². The van der Waals surface area contributed by atoms with Crippen molar-refractivity contribution in [3.05, 3.63) is 169 Å². The lowest BCUT2D eigenvalue weighted by molar-refractivity contribution is 0.590. The van der Waals surface area contributed by atoms with Crippen molar-refractivity contribution in [2.24, 2.45) is 0 Å². The Kier molecular flexibility index (Phi) is 9.17. The maximum atomic E-state index is 5.04. The highest BCUT2D eigenvalue weighted by Gasteiger charge is 2.21. The van der Waals surface area contributed by atoms with Crippen molar-refractivity contribution in [3.8, 4) is 67.5 Å². The van der Waals surface area contributed by atoms with Crippen LogP contribution in [0.15, 0.2) is 164 Å². The first-order valence-electron chi connectivity index (χ1n) is 18.8. The fraction of sp³-hybridized carbons (Fsp3) is 0.140. The Morgan fingerprint density at radius 3 is 1.41 bits per heavy atom. The number of benzene rings is 7. The first kappa shape index (κ1) is 35.1. The molecule has 1 aromatic heterocycles. The summed E-state index contributed by atoms with van der Waals surface area (Å²) >= 11 is 0. The monoisotopic (exact) mass is 715 g/mol. The Morgan fingerprint density at radius 2 is 0.815 bits per heavy atom. The Hall–Kier alpha value is -5.97. The standard InChI is InChI=1S/C50H45N3Si/c1-50(2,3)42-28-26-37(27-29-42)48-51-47(36-14-8-7-9-15-36)52-49(53-48)41-19-13-18-40(33-41)39-17-12-16-38(32-39)34-22-24-35(25-23-34)43-30-31-46(54(4,5)6)45-21-11-10-20-44(43)45/h7-33H,1-6H3. The summed E-state index contributed by atoms with van der Waals surface area (Å²) in [5.74, 6) is 1.97. The number of nitrogens with zero attached hydrogens (tertiary/aromatic N) is 3. The lowest BCUT2D eigenvalue weighted by atomic mass is 9.87. The van der Waals surface area contributed by atoms with E-state index in [2.05, 4.69) is 174 Å². The number of rotatable bonds is 7. The molecule has 3 nitrogen and oxygen atoms in total. The summed E-state index contributed by atoms with van der Waals surface area (Å²) < 4.78 is 0. The van der Waals surface area contributed by atoms with E-state index in [1.807, 2.05) is 30.3 Å². The average Bonchev–Trinajstić information content (AvgIpc) is 3.20. The van der Waals surface area contributed by atoms with Crippen molar-refractivity contribution in [1.29, 1.82) is 0 Å². The second-order valence-electron chi connectivity index (χ2n) is 16.2. The molecule has 0 aliphatic carbocycles. The molecule has 264 valence electrons. The fourth-order valence-corrected chi connectivity index (χ4v) is 8.84. The molecular weight excluding hydrogens is 671 g/mol. The molecule has 0 saturated carbocycles. The van der Waals surface area contributed by atoms with Crippen LogP contribution in [0.4, 0.5) is 0 Å². The molecule has 8 rings (SSSR count). The van der Waals surface area contributed by atoms with E-state index >= 15 is 0 Å². The number of hydrogen-bond donors (Lipinski definition) is 0. The van der Waals surface area contributed by atoms with Gasteiger partial charge in [-0.3, -0.25) is 0 Å². The minimum atomic E-state index is -1.48. The molecule has 1 heterocycles. The minimum Gasteiger partial charge on any atom is -0.208 e. The van der Waals surface area contributed by atoms with Gasteiger partial charge in [0.2, 0.25) is 0 Å². The molecule has 0 radical (unpaired) electrons. The molecular formula is C50H45N3Si. The van der Waals surface area contributed by atoms with Crippen LogP contribution in [0.3, 0.4) is 0 Å². The van der Waals surface area contributed by atoms with Crippen LogP contribution in [0.1, 0.15) is 26.3 Å². The van der Waals surface area contributed by atoms with E-state index in [-0.39, 0.29) is 5.41 Å².